The molecule has 8 heteroatoms. The molecule has 0 aromatic heterocycles. The quantitative estimate of drug-likeness (QED) is 0.445. The Morgan fingerprint density at radius 2 is 1.82 bits per heavy atom. The van der Waals surface area contributed by atoms with Crippen LogP contribution < -0.4 is 10.6 Å². The summed E-state index contributed by atoms with van der Waals surface area (Å²) in [6.07, 6.45) is 8.74. The van der Waals surface area contributed by atoms with Crippen LogP contribution in [0, 0.1) is 52.3 Å². The molecule has 12 atom stereocenters. The first-order chi connectivity index (χ1) is 19.0. The van der Waals surface area contributed by atoms with Gasteiger partial charge in [0.2, 0.25) is 11.8 Å². The number of aliphatic hydroxyl groups is 1. The first-order valence-corrected chi connectivity index (χ1v) is 16.0. The molecular formula is C32H50N2O6. The third kappa shape index (κ3) is 4.38. The van der Waals surface area contributed by atoms with Crippen LogP contribution in [0.1, 0.15) is 91.9 Å². The number of rotatable bonds is 5. The van der Waals surface area contributed by atoms with Crippen molar-refractivity contribution in [2.75, 3.05) is 19.8 Å². The van der Waals surface area contributed by atoms with E-state index < -0.39 is 5.79 Å². The Morgan fingerprint density at radius 1 is 1.02 bits per heavy atom. The molecule has 2 aliphatic heterocycles. The van der Waals surface area contributed by atoms with E-state index in [-0.39, 0.29) is 66.2 Å². The van der Waals surface area contributed by atoms with Crippen LogP contribution in [0.5, 0.6) is 0 Å². The summed E-state index contributed by atoms with van der Waals surface area (Å²) in [4.78, 5) is 38.7. The molecule has 0 aromatic rings. The minimum atomic E-state index is -0.501. The normalized spacial score (nSPS) is 49.5. The van der Waals surface area contributed by atoms with Crippen LogP contribution in [-0.4, -0.2) is 60.4 Å². The number of carbonyl (C=O) groups excluding carboxylic acids is 3. The fourth-order valence-electron chi connectivity index (χ4n) is 10.8. The first-order valence-electron chi connectivity index (χ1n) is 16.0. The van der Waals surface area contributed by atoms with Crippen LogP contribution in [0.25, 0.3) is 0 Å². The predicted octanol–water partition coefficient (Wildman–Crippen LogP) is 3.60. The van der Waals surface area contributed by atoms with Gasteiger partial charge in [0.05, 0.1) is 19.3 Å². The Balaban J connectivity index is 1.13. The summed E-state index contributed by atoms with van der Waals surface area (Å²) in [5.74, 6) is 2.19. The van der Waals surface area contributed by atoms with Gasteiger partial charge in [-0.3, -0.25) is 14.4 Å². The third-order valence-corrected chi connectivity index (χ3v) is 12.9. The van der Waals surface area contributed by atoms with Gasteiger partial charge in [0.1, 0.15) is 12.2 Å². The summed E-state index contributed by atoms with van der Waals surface area (Å²) < 4.78 is 13.3. The molecule has 6 aliphatic rings. The van der Waals surface area contributed by atoms with Gasteiger partial charge >= 0.3 is 0 Å². The Morgan fingerprint density at radius 3 is 2.55 bits per heavy atom. The van der Waals surface area contributed by atoms with E-state index in [4.69, 9.17) is 14.6 Å². The van der Waals surface area contributed by atoms with E-state index in [0.29, 0.717) is 41.8 Å². The maximum atomic E-state index is 14.3. The molecule has 2 amide bonds. The molecular weight excluding hydrogens is 508 g/mol. The number of aliphatic hydroxyl groups excluding tert-OH is 1. The minimum absolute atomic E-state index is 0.0758. The van der Waals surface area contributed by atoms with Crippen LogP contribution in [0.15, 0.2) is 0 Å². The highest BCUT2D eigenvalue weighted by molar-refractivity contribution is 5.97. The van der Waals surface area contributed by atoms with Crippen LogP contribution in [0.2, 0.25) is 0 Å². The molecule has 3 N–H and O–H groups in total. The number of hydrogen-bond acceptors (Lipinski definition) is 6. The van der Waals surface area contributed by atoms with Gasteiger partial charge in [0, 0.05) is 42.7 Å². The molecule has 0 radical (unpaired) electrons. The zero-order valence-electron chi connectivity index (χ0n) is 24.9. The highest BCUT2D eigenvalue weighted by atomic mass is 16.7. The molecule has 8 nitrogen and oxygen atoms in total. The SMILES string of the molecule is C[C@@H]1CC[C@@]2(OC1)O[C@H]1C[C@H]3[C@@H]4CC[C@H]5CC(NC(=O)CC(=O)NCCO)CC[C@]5(C)[C@H]4CC(=O)[C@]3(C)[C@H]1[C@@H]2C. The zero-order valence-corrected chi connectivity index (χ0v) is 24.9. The largest absolute Gasteiger partial charge is 0.395 e. The highest BCUT2D eigenvalue weighted by Crippen LogP contribution is 2.70. The number of amides is 2. The van der Waals surface area contributed by atoms with Crippen LogP contribution in [0.4, 0.5) is 0 Å². The lowest BCUT2D eigenvalue weighted by atomic mass is 9.44. The molecule has 6 fully saturated rings. The van der Waals surface area contributed by atoms with Crippen molar-refractivity contribution in [3.63, 3.8) is 0 Å². The van der Waals surface area contributed by atoms with Crippen molar-refractivity contribution in [1.29, 1.82) is 0 Å². The lowest BCUT2D eigenvalue weighted by molar-refractivity contribution is -0.272. The second-order valence-corrected chi connectivity index (χ2v) is 14.8. The van der Waals surface area contributed by atoms with Crippen molar-refractivity contribution in [3.05, 3.63) is 0 Å². The van der Waals surface area contributed by atoms with E-state index in [1.807, 2.05) is 0 Å². The smallest absolute Gasteiger partial charge is 0.229 e. The van der Waals surface area contributed by atoms with Gasteiger partial charge in [-0.25, -0.2) is 0 Å². The summed E-state index contributed by atoms with van der Waals surface area (Å²) in [7, 11) is 0. The summed E-state index contributed by atoms with van der Waals surface area (Å²) in [5, 5.41) is 14.5. The monoisotopic (exact) mass is 558 g/mol. The van der Waals surface area contributed by atoms with Crippen molar-refractivity contribution in [1.82, 2.24) is 10.6 Å². The summed E-state index contributed by atoms with van der Waals surface area (Å²) in [6, 6.07) is 0.0758. The zero-order chi connectivity index (χ0) is 28.4. The Labute approximate surface area is 239 Å². The molecule has 0 aromatic carbocycles. The first kappa shape index (κ1) is 28.6. The predicted molar refractivity (Wildman–Crippen MR) is 149 cm³/mol. The highest BCUT2D eigenvalue weighted by Gasteiger charge is 2.71. The molecule has 1 unspecified atom stereocenters. The van der Waals surface area contributed by atoms with Crippen molar-refractivity contribution < 1.29 is 29.0 Å². The molecule has 4 aliphatic carbocycles. The third-order valence-electron chi connectivity index (χ3n) is 12.9. The Bertz CT molecular complexity index is 1020. The Kier molecular flexibility index (Phi) is 7.39. The Hall–Kier alpha value is -1.51. The van der Waals surface area contributed by atoms with Gasteiger partial charge in [-0.15, -0.1) is 0 Å². The maximum absolute atomic E-state index is 14.3. The van der Waals surface area contributed by atoms with Crippen molar-refractivity contribution in [2.24, 2.45) is 52.3 Å². The molecule has 2 heterocycles. The van der Waals surface area contributed by atoms with Crippen LogP contribution in [-0.2, 0) is 23.9 Å². The molecule has 4 saturated carbocycles. The fraction of sp³-hybridized carbons (Fsp3) is 0.906. The lowest BCUT2D eigenvalue weighted by Gasteiger charge is -2.60. The van der Waals surface area contributed by atoms with Gasteiger partial charge in [-0.1, -0.05) is 27.7 Å². The van der Waals surface area contributed by atoms with E-state index in [0.717, 1.165) is 58.0 Å². The van der Waals surface area contributed by atoms with E-state index >= 15 is 0 Å². The number of hydrogen-bond donors (Lipinski definition) is 3. The standard InChI is InChI=1S/C32H50N2O6/c1-18-7-10-32(39-17-18)19(2)29-25(40-32)14-24-22-6-5-20-13-21(34-28(38)16-27(37)33-11-12-35)8-9-30(20,3)23(22)15-26(36)31(24,29)4/h18-25,29,35H,5-17H2,1-4H3,(H,33,37)(H,34,38)/t18-,19+,20+,21?,22-,23+,24+,25+,29+,30+,31-,32-/m1/s1. The van der Waals surface area contributed by atoms with Crippen molar-refractivity contribution in [2.45, 2.75) is 110 Å². The van der Waals surface area contributed by atoms with E-state index in [1.54, 1.807) is 0 Å². The van der Waals surface area contributed by atoms with Gasteiger partial charge in [0.25, 0.3) is 0 Å². The van der Waals surface area contributed by atoms with Gasteiger partial charge in [-0.2, -0.15) is 0 Å². The van der Waals surface area contributed by atoms with Gasteiger partial charge in [0.15, 0.2) is 5.79 Å². The fourth-order valence-corrected chi connectivity index (χ4v) is 10.8. The summed E-state index contributed by atoms with van der Waals surface area (Å²) in [5.41, 5.74) is -0.222. The second kappa shape index (κ2) is 10.3. The number of carbonyl (C=O) groups is 3. The van der Waals surface area contributed by atoms with Gasteiger partial charge < -0.3 is 25.2 Å². The average molecular weight is 559 g/mol. The summed E-state index contributed by atoms with van der Waals surface area (Å²) in [6.45, 7) is 10.0. The molecule has 224 valence electrons. The molecule has 40 heavy (non-hydrogen) atoms. The lowest BCUT2D eigenvalue weighted by Crippen LogP contribution is -2.59. The van der Waals surface area contributed by atoms with Crippen molar-refractivity contribution in [3.8, 4) is 0 Å². The number of Topliss-reactive ketones (excluding diaryl/α,β-unsaturated/α-hetero) is 1. The maximum Gasteiger partial charge on any atom is 0.229 e. The minimum Gasteiger partial charge on any atom is -0.395 e. The number of nitrogens with one attached hydrogen (secondary N) is 2. The number of ether oxygens (including phenoxy) is 2. The van der Waals surface area contributed by atoms with Gasteiger partial charge in [-0.05, 0) is 80.0 Å². The average Bonchev–Trinajstić information content (AvgIpc) is 3.36. The van der Waals surface area contributed by atoms with Crippen molar-refractivity contribution >= 4 is 17.6 Å². The number of ketones is 1. The van der Waals surface area contributed by atoms with E-state index in [1.165, 1.54) is 0 Å². The topological polar surface area (TPSA) is 114 Å². The summed E-state index contributed by atoms with van der Waals surface area (Å²) >= 11 is 0. The molecule has 0 bridgehead atoms. The second-order valence-electron chi connectivity index (χ2n) is 14.8. The molecule has 6 rings (SSSR count). The molecule has 1 spiro atoms. The molecule has 2 saturated heterocycles. The van der Waals surface area contributed by atoms with Crippen LogP contribution in [0.3, 0.4) is 0 Å². The van der Waals surface area contributed by atoms with E-state index in [9.17, 15) is 14.4 Å². The van der Waals surface area contributed by atoms with E-state index in [2.05, 4.69) is 38.3 Å². The van der Waals surface area contributed by atoms with Crippen LogP contribution >= 0.6 is 0 Å². The number of fused-ring (bicyclic) bond motifs is 7.